The van der Waals surface area contributed by atoms with Gasteiger partial charge in [0.15, 0.2) is 0 Å². The van der Waals surface area contributed by atoms with Gasteiger partial charge in [0.1, 0.15) is 5.75 Å². The third-order valence-electron chi connectivity index (χ3n) is 5.33. The van der Waals surface area contributed by atoms with Crippen LogP contribution in [0.4, 0.5) is 0 Å². The Bertz CT molecular complexity index is 657. The van der Waals surface area contributed by atoms with E-state index in [1.807, 2.05) is 18.3 Å². The molecule has 0 radical (unpaired) electrons. The van der Waals surface area contributed by atoms with Crippen LogP contribution in [-0.2, 0) is 6.42 Å². The number of aliphatic hydroxyl groups is 1. The Morgan fingerprint density at radius 2 is 2.17 bits per heavy atom. The summed E-state index contributed by atoms with van der Waals surface area (Å²) in [5.74, 6) is 2.25. The van der Waals surface area contributed by atoms with Crippen molar-refractivity contribution in [2.24, 2.45) is 11.8 Å². The van der Waals surface area contributed by atoms with Gasteiger partial charge in [-0.05, 0) is 86.9 Å². The van der Waals surface area contributed by atoms with Crippen LogP contribution < -0.4 is 10.1 Å². The van der Waals surface area contributed by atoms with Crippen molar-refractivity contribution in [3.05, 3.63) is 36.0 Å². The molecule has 0 amide bonds. The van der Waals surface area contributed by atoms with E-state index >= 15 is 0 Å². The molecule has 2 atom stereocenters. The minimum absolute atomic E-state index is 0.303. The summed E-state index contributed by atoms with van der Waals surface area (Å²) >= 11 is 0. The van der Waals surface area contributed by atoms with Crippen LogP contribution in [0.1, 0.15) is 31.2 Å². The number of aryl methyl sites for hydroxylation is 1. The summed E-state index contributed by atoms with van der Waals surface area (Å²) in [4.78, 5) is 4.46. The van der Waals surface area contributed by atoms with Crippen LogP contribution >= 0.6 is 0 Å². The number of nitrogens with one attached hydrogen (secondary N) is 1. The Morgan fingerprint density at radius 3 is 3.00 bits per heavy atom. The smallest absolute Gasteiger partial charge is 0.119 e. The molecule has 4 heteroatoms. The fourth-order valence-corrected chi connectivity index (χ4v) is 3.94. The van der Waals surface area contributed by atoms with Gasteiger partial charge in [-0.15, -0.1) is 0 Å². The van der Waals surface area contributed by atoms with E-state index in [4.69, 9.17) is 4.74 Å². The Kier molecular flexibility index (Phi) is 6.05. The van der Waals surface area contributed by atoms with E-state index in [0.29, 0.717) is 12.5 Å². The van der Waals surface area contributed by atoms with E-state index in [1.54, 1.807) is 7.11 Å². The lowest BCUT2D eigenvalue weighted by atomic mass is 9.81. The molecule has 0 unspecified atom stereocenters. The summed E-state index contributed by atoms with van der Waals surface area (Å²) in [6.45, 7) is 2.47. The molecular formula is C20H28N2O2. The normalized spacial score (nSPS) is 21.1. The van der Waals surface area contributed by atoms with E-state index in [1.165, 1.54) is 30.2 Å². The Balaban J connectivity index is 1.65. The number of benzene rings is 1. The molecule has 2 N–H and O–H groups in total. The molecule has 0 spiro atoms. The summed E-state index contributed by atoms with van der Waals surface area (Å²) in [5.41, 5.74) is 2.39. The molecule has 4 nitrogen and oxygen atoms in total. The number of hydrogen-bond donors (Lipinski definition) is 2. The third-order valence-corrected chi connectivity index (χ3v) is 5.33. The second-order valence-corrected chi connectivity index (χ2v) is 6.77. The van der Waals surface area contributed by atoms with Crippen LogP contribution in [0.15, 0.2) is 30.5 Å². The zero-order valence-electron chi connectivity index (χ0n) is 14.5. The molecule has 0 saturated carbocycles. The van der Waals surface area contributed by atoms with Crippen molar-refractivity contribution in [1.29, 1.82) is 0 Å². The number of fused-ring (bicyclic) bond motifs is 1. The summed E-state index contributed by atoms with van der Waals surface area (Å²) in [6.07, 6.45) is 7.55. The Labute approximate surface area is 144 Å². The fourth-order valence-electron chi connectivity index (χ4n) is 3.94. The average molecular weight is 328 g/mol. The topological polar surface area (TPSA) is 54.4 Å². The molecular weight excluding hydrogens is 300 g/mol. The molecule has 0 aliphatic carbocycles. The monoisotopic (exact) mass is 328 g/mol. The second kappa shape index (κ2) is 8.45. The summed E-state index contributed by atoms with van der Waals surface area (Å²) in [5, 5.41) is 13.9. The summed E-state index contributed by atoms with van der Waals surface area (Å²) in [7, 11) is 1.70. The van der Waals surface area contributed by atoms with Crippen molar-refractivity contribution < 1.29 is 9.84 Å². The van der Waals surface area contributed by atoms with Crippen molar-refractivity contribution in [1.82, 2.24) is 10.3 Å². The van der Waals surface area contributed by atoms with Crippen LogP contribution in [0.3, 0.4) is 0 Å². The molecule has 1 aromatic carbocycles. The largest absolute Gasteiger partial charge is 0.497 e. The van der Waals surface area contributed by atoms with Gasteiger partial charge in [0.2, 0.25) is 0 Å². The van der Waals surface area contributed by atoms with Crippen LogP contribution in [0.25, 0.3) is 10.9 Å². The number of aliphatic hydroxyl groups excluding tert-OH is 1. The molecule has 1 aromatic heterocycles. The van der Waals surface area contributed by atoms with Gasteiger partial charge < -0.3 is 15.2 Å². The van der Waals surface area contributed by atoms with Gasteiger partial charge in [0.25, 0.3) is 0 Å². The number of hydrogen-bond acceptors (Lipinski definition) is 4. The highest BCUT2D eigenvalue weighted by atomic mass is 16.5. The summed E-state index contributed by atoms with van der Waals surface area (Å²) in [6, 6.07) is 8.22. The molecule has 1 fully saturated rings. The first-order valence-electron chi connectivity index (χ1n) is 9.05. The van der Waals surface area contributed by atoms with Crippen molar-refractivity contribution in [2.45, 2.75) is 32.1 Å². The lowest BCUT2D eigenvalue weighted by Gasteiger charge is -2.32. The van der Waals surface area contributed by atoms with Gasteiger partial charge in [0.05, 0.1) is 12.6 Å². The van der Waals surface area contributed by atoms with Crippen LogP contribution in [0, 0.1) is 11.8 Å². The number of ether oxygens (including phenoxy) is 1. The first-order valence-corrected chi connectivity index (χ1v) is 9.05. The highest BCUT2D eigenvalue weighted by molar-refractivity contribution is 5.83. The first kappa shape index (κ1) is 17.2. The maximum absolute atomic E-state index is 9.26. The molecule has 2 heterocycles. The predicted molar refractivity (Wildman–Crippen MR) is 97.4 cm³/mol. The van der Waals surface area contributed by atoms with E-state index in [9.17, 15) is 5.11 Å². The number of rotatable bonds is 7. The van der Waals surface area contributed by atoms with E-state index < -0.39 is 0 Å². The lowest BCUT2D eigenvalue weighted by Crippen LogP contribution is -2.37. The zero-order valence-corrected chi connectivity index (χ0v) is 14.5. The standard InChI is InChI=1S/C20H28N2O2/c1-24-18-5-6-20-19(13-18)16(8-11-22-20)4-2-3-15-7-10-21-14-17(15)9-12-23/h5-6,8,11,13,15,17,21,23H,2-4,7,9-10,12,14H2,1H3/t15-,17+/m1/s1. The maximum atomic E-state index is 9.26. The number of nitrogens with zero attached hydrogens (tertiary/aromatic N) is 1. The molecule has 2 aromatic rings. The minimum atomic E-state index is 0.303. The molecule has 24 heavy (non-hydrogen) atoms. The molecule has 1 aliphatic heterocycles. The molecule has 0 bridgehead atoms. The summed E-state index contributed by atoms with van der Waals surface area (Å²) < 4.78 is 5.36. The maximum Gasteiger partial charge on any atom is 0.119 e. The molecule has 3 rings (SSSR count). The Morgan fingerprint density at radius 1 is 1.25 bits per heavy atom. The predicted octanol–water partition coefficient (Wildman–Crippen LogP) is 3.17. The minimum Gasteiger partial charge on any atom is -0.497 e. The van der Waals surface area contributed by atoms with Crippen LogP contribution in [0.5, 0.6) is 5.75 Å². The van der Waals surface area contributed by atoms with E-state index in [-0.39, 0.29) is 0 Å². The number of pyridine rings is 1. The first-order chi connectivity index (χ1) is 11.8. The lowest BCUT2D eigenvalue weighted by molar-refractivity contribution is 0.178. The fraction of sp³-hybridized carbons (Fsp3) is 0.550. The van der Waals surface area contributed by atoms with Gasteiger partial charge in [-0.1, -0.05) is 0 Å². The van der Waals surface area contributed by atoms with Crippen LogP contribution in [-0.4, -0.2) is 36.9 Å². The van der Waals surface area contributed by atoms with Gasteiger partial charge in [-0.2, -0.15) is 0 Å². The molecule has 1 saturated heterocycles. The second-order valence-electron chi connectivity index (χ2n) is 6.77. The zero-order chi connectivity index (χ0) is 16.8. The highest BCUT2D eigenvalue weighted by Crippen LogP contribution is 2.28. The van der Waals surface area contributed by atoms with Gasteiger partial charge >= 0.3 is 0 Å². The SMILES string of the molecule is COc1ccc2nccc(CCC[C@@H]3CCNC[C@@H]3CCO)c2c1. The third kappa shape index (κ3) is 4.05. The average Bonchev–Trinajstić information content (AvgIpc) is 2.63. The number of aromatic nitrogens is 1. The van der Waals surface area contributed by atoms with Gasteiger partial charge in [-0.3, -0.25) is 4.98 Å². The quantitative estimate of drug-likeness (QED) is 0.820. The van der Waals surface area contributed by atoms with Crippen LogP contribution in [0.2, 0.25) is 0 Å². The number of piperidine rings is 1. The molecule has 130 valence electrons. The van der Waals surface area contributed by atoms with Crippen molar-refractivity contribution in [2.75, 3.05) is 26.8 Å². The van der Waals surface area contributed by atoms with Crippen molar-refractivity contribution >= 4 is 10.9 Å². The van der Waals surface area contributed by atoms with E-state index in [0.717, 1.165) is 43.1 Å². The van der Waals surface area contributed by atoms with Gasteiger partial charge in [-0.25, -0.2) is 0 Å². The van der Waals surface area contributed by atoms with Crippen molar-refractivity contribution in [3.63, 3.8) is 0 Å². The van der Waals surface area contributed by atoms with E-state index in [2.05, 4.69) is 22.4 Å². The van der Waals surface area contributed by atoms with Gasteiger partial charge in [0, 0.05) is 18.2 Å². The molecule has 1 aliphatic rings. The highest BCUT2D eigenvalue weighted by Gasteiger charge is 2.23. The Hall–Kier alpha value is -1.65. The van der Waals surface area contributed by atoms with Crippen molar-refractivity contribution in [3.8, 4) is 5.75 Å². The number of methoxy groups -OCH3 is 1.